The van der Waals surface area contributed by atoms with Gasteiger partial charge in [-0.05, 0) is 25.7 Å². The molecule has 0 atom stereocenters. The summed E-state index contributed by atoms with van der Waals surface area (Å²) < 4.78 is 0. The Labute approximate surface area is 105 Å². The molecule has 0 radical (unpaired) electrons. The Morgan fingerprint density at radius 1 is 1.59 bits per heavy atom. The molecule has 0 saturated heterocycles. The molecule has 0 aromatic carbocycles. The smallest absolute Gasteiger partial charge is 0.168 e. The Morgan fingerprint density at radius 2 is 2.41 bits per heavy atom. The molecule has 5 heteroatoms. The van der Waals surface area contributed by atoms with Crippen LogP contribution >= 0.6 is 11.8 Å². The van der Waals surface area contributed by atoms with Gasteiger partial charge in [0.25, 0.3) is 0 Å². The molecule has 0 saturated carbocycles. The molecule has 17 heavy (non-hydrogen) atoms. The highest BCUT2D eigenvalue weighted by Gasteiger charge is 2.12. The second kappa shape index (κ2) is 5.23. The zero-order valence-electron chi connectivity index (χ0n) is 10.1. The SMILES string of the molecule is C=C(C)CCNc1nc(SC)[nH]c2nccc1-2. The van der Waals surface area contributed by atoms with Gasteiger partial charge in [-0.25, -0.2) is 9.97 Å². The largest absolute Gasteiger partial charge is 0.369 e. The second-order valence-electron chi connectivity index (χ2n) is 3.94. The van der Waals surface area contributed by atoms with Crippen molar-refractivity contribution in [2.45, 2.75) is 18.5 Å². The van der Waals surface area contributed by atoms with Gasteiger partial charge in [-0.3, -0.25) is 0 Å². The Balaban J connectivity index is 2.20. The Morgan fingerprint density at radius 3 is 3.12 bits per heavy atom. The van der Waals surface area contributed by atoms with Gasteiger partial charge in [0.05, 0.1) is 5.56 Å². The normalized spacial score (nSPS) is 10.7. The predicted molar refractivity (Wildman–Crippen MR) is 72.7 cm³/mol. The van der Waals surface area contributed by atoms with Crippen LogP contribution in [0.25, 0.3) is 11.4 Å². The molecule has 2 rings (SSSR count). The molecule has 0 fully saturated rings. The van der Waals surface area contributed by atoms with Crippen LogP contribution in [0, 0.1) is 0 Å². The maximum atomic E-state index is 4.52. The number of H-pyrrole nitrogens is 1. The lowest BCUT2D eigenvalue weighted by molar-refractivity contribution is 0.931. The van der Waals surface area contributed by atoms with E-state index in [9.17, 15) is 0 Å². The number of aromatic nitrogens is 3. The Kier molecular flexibility index (Phi) is 3.68. The summed E-state index contributed by atoms with van der Waals surface area (Å²) >= 11 is 1.58. The molecular formula is C12H16N4S. The van der Waals surface area contributed by atoms with Crippen molar-refractivity contribution >= 4 is 17.6 Å². The molecule has 0 unspecified atom stereocenters. The van der Waals surface area contributed by atoms with E-state index < -0.39 is 0 Å². The third-order valence-electron chi connectivity index (χ3n) is 2.43. The van der Waals surface area contributed by atoms with E-state index in [0.717, 1.165) is 35.3 Å². The quantitative estimate of drug-likeness (QED) is 0.485. The van der Waals surface area contributed by atoms with Crippen molar-refractivity contribution in [2.24, 2.45) is 0 Å². The molecule has 0 spiro atoms. The summed E-state index contributed by atoms with van der Waals surface area (Å²) in [4.78, 5) is 12.0. The molecule has 0 aromatic rings. The van der Waals surface area contributed by atoms with E-state index in [1.807, 2.05) is 19.2 Å². The number of thioether (sulfide) groups is 1. The van der Waals surface area contributed by atoms with E-state index in [4.69, 9.17) is 0 Å². The van der Waals surface area contributed by atoms with E-state index in [0.29, 0.717) is 0 Å². The number of fused-ring (bicyclic) bond motifs is 1. The summed E-state index contributed by atoms with van der Waals surface area (Å²) in [6.07, 6.45) is 4.73. The van der Waals surface area contributed by atoms with E-state index in [1.165, 1.54) is 5.57 Å². The van der Waals surface area contributed by atoms with E-state index in [2.05, 4.69) is 26.8 Å². The first kappa shape index (κ1) is 12.0. The van der Waals surface area contributed by atoms with Crippen LogP contribution in [0.3, 0.4) is 0 Å². The van der Waals surface area contributed by atoms with Crippen molar-refractivity contribution in [3.63, 3.8) is 0 Å². The minimum atomic E-state index is 0.848. The zero-order chi connectivity index (χ0) is 12.3. The van der Waals surface area contributed by atoms with Crippen molar-refractivity contribution in [3.8, 4) is 11.4 Å². The number of nitrogens with zero attached hydrogens (tertiary/aromatic N) is 2. The lowest BCUT2D eigenvalue weighted by Crippen LogP contribution is -2.07. The van der Waals surface area contributed by atoms with Crippen LogP contribution in [0.15, 0.2) is 29.6 Å². The number of hydrogen-bond donors (Lipinski definition) is 2. The summed E-state index contributed by atoms with van der Waals surface area (Å²) in [5, 5.41) is 4.20. The predicted octanol–water partition coefficient (Wildman–Crippen LogP) is 3.01. The molecule has 90 valence electrons. The van der Waals surface area contributed by atoms with Crippen molar-refractivity contribution in [2.75, 3.05) is 18.1 Å². The fourth-order valence-electron chi connectivity index (χ4n) is 1.54. The minimum absolute atomic E-state index is 0.848. The number of rotatable bonds is 5. The van der Waals surface area contributed by atoms with Gasteiger partial charge < -0.3 is 10.3 Å². The summed E-state index contributed by atoms with van der Waals surface area (Å²) in [5.74, 6) is 1.77. The maximum Gasteiger partial charge on any atom is 0.168 e. The molecule has 4 nitrogen and oxygen atoms in total. The monoisotopic (exact) mass is 248 g/mol. The van der Waals surface area contributed by atoms with Gasteiger partial charge in [-0.1, -0.05) is 17.3 Å². The molecule has 0 aliphatic carbocycles. The molecule has 2 heterocycles. The topological polar surface area (TPSA) is 53.6 Å². The first-order valence-electron chi connectivity index (χ1n) is 5.47. The summed E-state index contributed by atoms with van der Waals surface area (Å²) in [6.45, 7) is 6.77. The van der Waals surface area contributed by atoms with Gasteiger partial charge in [0, 0.05) is 12.7 Å². The molecule has 0 amide bonds. The van der Waals surface area contributed by atoms with Crippen LogP contribution in [0.2, 0.25) is 0 Å². The lowest BCUT2D eigenvalue weighted by Gasteiger charge is -2.11. The zero-order valence-corrected chi connectivity index (χ0v) is 10.9. The van der Waals surface area contributed by atoms with Gasteiger partial charge in [0.1, 0.15) is 11.6 Å². The lowest BCUT2D eigenvalue weighted by atomic mass is 10.2. The molecule has 0 bridgehead atoms. The highest BCUT2D eigenvalue weighted by Crippen LogP contribution is 2.27. The van der Waals surface area contributed by atoms with Gasteiger partial charge in [0.15, 0.2) is 5.16 Å². The van der Waals surface area contributed by atoms with Crippen molar-refractivity contribution in [3.05, 3.63) is 24.4 Å². The standard InChI is InChI=1S/C12H16N4S/c1-8(2)4-6-13-10-9-5-7-14-11(9)16-12(15-10)17-3/h5,7H,1,4,6H2,2-3H3,(H2,13,14,15,16). The van der Waals surface area contributed by atoms with Crippen LogP contribution in [-0.4, -0.2) is 27.8 Å². The van der Waals surface area contributed by atoms with Crippen molar-refractivity contribution < 1.29 is 0 Å². The van der Waals surface area contributed by atoms with Gasteiger partial charge in [-0.2, -0.15) is 0 Å². The fraction of sp³-hybridized carbons (Fsp3) is 0.333. The molecule has 2 N–H and O–H groups in total. The molecule has 2 aliphatic rings. The Hall–Kier alpha value is -1.49. The molecule has 2 aliphatic heterocycles. The number of anilines is 1. The van der Waals surface area contributed by atoms with Gasteiger partial charge in [-0.15, -0.1) is 6.58 Å². The molecular weight excluding hydrogens is 232 g/mol. The van der Waals surface area contributed by atoms with Gasteiger partial charge >= 0.3 is 0 Å². The fourth-order valence-corrected chi connectivity index (χ4v) is 1.92. The van der Waals surface area contributed by atoms with Crippen LogP contribution in [0.4, 0.5) is 5.82 Å². The summed E-state index contributed by atoms with van der Waals surface area (Å²) in [7, 11) is 0. The maximum absolute atomic E-state index is 4.52. The number of aromatic amines is 1. The summed E-state index contributed by atoms with van der Waals surface area (Å²) in [5.41, 5.74) is 2.20. The van der Waals surface area contributed by atoms with Crippen LogP contribution in [-0.2, 0) is 0 Å². The van der Waals surface area contributed by atoms with E-state index >= 15 is 0 Å². The first-order chi connectivity index (χ1) is 8.20. The van der Waals surface area contributed by atoms with Crippen molar-refractivity contribution in [1.82, 2.24) is 15.0 Å². The third-order valence-corrected chi connectivity index (χ3v) is 3.01. The van der Waals surface area contributed by atoms with Crippen LogP contribution < -0.4 is 5.32 Å². The average Bonchev–Trinajstić information content (AvgIpc) is 2.76. The van der Waals surface area contributed by atoms with E-state index in [1.54, 1.807) is 18.0 Å². The highest BCUT2D eigenvalue weighted by molar-refractivity contribution is 7.98. The number of nitrogens with one attached hydrogen (secondary N) is 2. The van der Waals surface area contributed by atoms with Crippen LogP contribution in [0.1, 0.15) is 13.3 Å². The minimum Gasteiger partial charge on any atom is -0.369 e. The first-order valence-corrected chi connectivity index (χ1v) is 6.70. The third kappa shape index (κ3) is 2.79. The highest BCUT2D eigenvalue weighted by atomic mass is 32.2. The molecule has 0 aromatic heterocycles. The second-order valence-corrected chi connectivity index (χ2v) is 4.73. The van der Waals surface area contributed by atoms with E-state index in [-0.39, 0.29) is 0 Å². The van der Waals surface area contributed by atoms with Gasteiger partial charge in [0.2, 0.25) is 0 Å². The van der Waals surface area contributed by atoms with Crippen molar-refractivity contribution in [1.29, 1.82) is 0 Å². The van der Waals surface area contributed by atoms with Crippen LogP contribution in [0.5, 0.6) is 0 Å². The summed E-state index contributed by atoms with van der Waals surface area (Å²) in [6, 6.07) is 1.96. The number of hydrogen-bond acceptors (Lipinski definition) is 4. The Bertz CT molecular complexity index is 491. The average molecular weight is 248 g/mol.